The number of nitrogens with zero attached hydrogens (tertiary/aromatic N) is 1. The van der Waals surface area contributed by atoms with Crippen molar-refractivity contribution < 1.29 is 19.1 Å². The Labute approximate surface area is 172 Å². The highest BCUT2D eigenvalue weighted by Gasteiger charge is 2.46. The highest BCUT2D eigenvalue weighted by molar-refractivity contribution is 6.35. The van der Waals surface area contributed by atoms with Crippen molar-refractivity contribution in [2.24, 2.45) is 0 Å². The maximum Gasteiger partial charge on any atom is 0.304 e. The lowest BCUT2D eigenvalue weighted by atomic mass is 9.73. The van der Waals surface area contributed by atoms with Gasteiger partial charge in [-0.3, -0.25) is 14.6 Å². The number of carboxylic acid groups (broad SMARTS) is 1. The van der Waals surface area contributed by atoms with Crippen LogP contribution in [0.5, 0.6) is 0 Å². The van der Waals surface area contributed by atoms with Crippen molar-refractivity contribution in [2.75, 3.05) is 0 Å². The van der Waals surface area contributed by atoms with Crippen molar-refractivity contribution in [1.82, 2.24) is 4.98 Å². The molecule has 0 bridgehead atoms. The molecule has 4 nitrogen and oxygen atoms in total. The number of aromatic nitrogens is 1. The van der Waals surface area contributed by atoms with Gasteiger partial charge in [0.25, 0.3) is 0 Å². The standard InChI is InChI=1S/C21H20Cl2FNO3/c1-12-9-14(22)11-17(23)15(12)4-5-18(26)21(24)7-6-13(10-19(27)28)20-16(21)3-2-8-25-20/h2-3,8-9,11,13H,4-7,10H2,1H3,(H,27,28). The molecule has 28 heavy (non-hydrogen) atoms. The molecular formula is C21H20Cl2FNO3. The van der Waals surface area contributed by atoms with Gasteiger partial charge in [-0.05, 0) is 55.5 Å². The van der Waals surface area contributed by atoms with E-state index in [-0.39, 0.29) is 31.2 Å². The molecule has 0 amide bonds. The molecule has 1 heterocycles. The molecule has 0 saturated carbocycles. The second-order valence-electron chi connectivity index (χ2n) is 7.18. The monoisotopic (exact) mass is 423 g/mol. The summed E-state index contributed by atoms with van der Waals surface area (Å²) < 4.78 is 15.8. The van der Waals surface area contributed by atoms with E-state index in [1.807, 2.05) is 6.92 Å². The minimum Gasteiger partial charge on any atom is -0.481 e. The van der Waals surface area contributed by atoms with Gasteiger partial charge in [0, 0.05) is 34.1 Å². The summed E-state index contributed by atoms with van der Waals surface area (Å²) in [5, 5.41) is 10.1. The van der Waals surface area contributed by atoms with Crippen LogP contribution in [-0.2, 0) is 21.7 Å². The van der Waals surface area contributed by atoms with E-state index < -0.39 is 23.3 Å². The number of aliphatic carboxylic acids is 1. The van der Waals surface area contributed by atoms with Gasteiger partial charge >= 0.3 is 5.97 Å². The summed E-state index contributed by atoms with van der Waals surface area (Å²) in [5.74, 6) is -1.90. The average Bonchev–Trinajstić information content (AvgIpc) is 2.63. The number of carboxylic acids is 1. The first-order valence-electron chi connectivity index (χ1n) is 9.06. The van der Waals surface area contributed by atoms with Crippen LogP contribution < -0.4 is 0 Å². The van der Waals surface area contributed by atoms with E-state index >= 15 is 4.39 Å². The molecule has 1 aromatic heterocycles. The Balaban J connectivity index is 1.84. The van der Waals surface area contributed by atoms with Crippen LogP contribution in [0.1, 0.15) is 54.0 Å². The van der Waals surface area contributed by atoms with Crippen LogP contribution in [0.4, 0.5) is 4.39 Å². The summed E-state index contributed by atoms with van der Waals surface area (Å²) >= 11 is 12.2. The fourth-order valence-corrected chi connectivity index (χ4v) is 4.60. The lowest BCUT2D eigenvalue weighted by Crippen LogP contribution is -2.37. The number of ketones is 1. The van der Waals surface area contributed by atoms with Gasteiger partial charge in [0.2, 0.25) is 0 Å². The van der Waals surface area contributed by atoms with E-state index in [9.17, 15) is 9.59 Å². The predicted molar refractivity (Wildman–Crippen MR) is 106 cm³/mol. The second kappa shape index (κ2) is 8.18. The van der Waals surface area contributed by atoms with E-state index in [0.29, 0.717) is 22.2 Å². The summed E-state index contributed by atoms with van der Waals surface area (Å²) in [6, 6.07) is 6.48. The summed E-state index contributed by atoms with van der Waals surface area (Å²) in [4.78, 5) is 28.2. The predicted octanol–water partition coefficient (Wildman–Crippen LogP) is 5.42. The van der Waals surface area contributed by atoms with E-state index in [0.717, 1.165) is 11.1 Å². The number of hydrogen-bond donors (Lipinski definition) is 1. The average molecular weight is 424 g/mol. The first-order chi connectivity index (χ1) is 13.2. The maximum atomic E-state index is 15.8. The minimum absolute atomic E-state index is 0.0172. The number of Topliss-reactive ketones (excluding diaryl/α,β-unsaturated/α-hetero) is 1. The zero-order valence-electron chi connectivity index (χ0n) is 15.3. The van der Waals surface area contributed by atoms with E-state index in [2.05, 4.69) is 4.98 Å². The molecule has 2 aromatic rings. The number of pyridine rings is 1. The summed E-state index contributed by atoms with van der Waals surface area (Å²) in [7, 11) is 0. The largest absolute Gasteiger partial charge is 0.481 e. The smallest absolute Gasteiger partial charge is 0.304 e. The Morgan fingerprint density at radius 2 is 2.11 bits per heavy atom. The van der Waals surface area contributed by atoms with Gasteiger partial charge in [0.05, 0.1) is 12.1 Å². The van der Waals surface area contributed by atoms with Crippen LogP contribution in [0, 0.1) is 6.92 Å². The van der Waals surface area contributed by atoms with E-state index in [1.165, 1.54) is 12.3 Å². The molecule has 1 N–H and O–H groups in total. The summed E-state index contributed by atoms with van der Waals surface area (Å²) in [5.41, 5.74) is 0.0225. The molecule has 2 unspecified atom stereocenters. The molecule has 1 aromatic carbocycles. The Kier molecular flexibility index (Phi) is 6.06. The number of carbonyl (C=O) groups is 2. The third kappa shape index (κ3) is 4.06. The Hall–Kier alpha value is -1.98. The molecular weight excluding hydrogens is 404 g/mol. The highest BCUT2D eigenvalue weighted by atomic mass is 35.5. The number of rotatable bonds is 6. The van der Waals surface area contributed by atoms with Crippen LogP contribution in [0.3, 0.4) is 0 Å². The Morgan fingerprint density at radius 1 is 1.36 bits per heavy atom. The van der Waals surface area contributed by atoms with Crippen molar-refractivity contribution in [2.45, 2.75) is 50.6 Å². The van der Waals surface area contributed by atoms with Crippen LogP contribution in [-0.4, -0.2) is 21.8 Å². The maximum absolute atomic E-state index is 15.8. The Morgan fingerprint density at radius 3 is 2.79 bits per heavy atom. The third-order valence-electron chi connectivity index (χ3n) is 5.34. The van der Waals surface area contributed by atoms with Crippen LogP contribution in [0.15, 0.2) is 30.5 Å². The number of hydrogen-bond acceptors (Lipinski definition) is 3. The molecule has 1 aliphatic carbocycles. The number of benzene rings is 1. The van der Waals surface area contributed by atoms with Crippen molar-refractivity contribution in [1.29, 1.82) is 0 Å². The van der Waals surface area contributed by atoms with Gasteiger partial charge in [0.15, 0.2) is 11.5 Å². The molecule has 0 saturated heterocycles. The van der Waals surface area contributed by atoms with Gasteiger partial charge in [-0.1, -0.05) is 29.3 Å². The zero-order chi connectivity index (χ0) is 20.5. The third-order valence-corrected chi connectivity index (χ3v) is 5.89. The van der Waals surface area contributed by atoms with Crippen molar-refractivity contribution in [3.8, 4) is 0 Å². The van der Waals surface area contributed by atoms with E-state index in [1.54, 1.807) is 18.2 Å². The van der Waals surface area contributed by atoms with Crippen molar-refractivity contribution >= 4 is 35.0 Å². The SMILES string of the molecule is Cc1cc(Cl)cc(Cl)c1CCC(=O)C1(F)CCC(CC(=O)O)c2ncccc21. The lowest BCUT2D eigenvalue weighted by molar-refractivity contribution is -0.137. The molecule has 0 fully saturated rings. The van der Waals surface area contributed by atoms with Gasteiger partial charge in [0.1, 0.15) is 0 Å². The second-order valence-corrected chi connectivity index (χ2v) is 8.02. The molecule has 148 valence electrons. The van der Waals surface area contributed by atoms with Gasteiger partial charge in [-0.25, -0.2) is 4.39 Å². The molecule has 7 heteroatoms. The van der Waals surface area contributed by atoms with Crippen LogP contribution >= 0.6 is 23.2 Å². The molecule has 0 radical (unpaired) electrons. The topological polar surface area (TPSA) is 67.3 Å². The fourth-order valence-electron chi connectivity index (χ4n) is 3.91. The lowest BCUT2D eigenvalue weighted by Gasteiger charge is -2.34. The van der Waals surface area contributed by atoms with Crippen LogP contribution in [0.25, 0.3) is 0 Å². The summed E-state index contributed by atoms with van der Waals surface area (Å²) in [6.45, 7) is 1.85. The number of carbonyl (C=O) groups excluding carboxylic acids is 1. The van der Waals surface area contributed by atoms with Gasteiger partial charge in [-0.15, -0.1) is 0 Å². The molecule has 2 atom stereocenters. The Bertz CT molecular complexity index is 911. The van der Waals surface area contributed by atoms with Crippen LogP contribution in [0.2, 0.25) is 10.0 Å². The molecule has 0 aliphatic heterocycles. The summed E-state index contributed by atoms with van der Waals surface area (Å²) in [6.07, 6.45) is 1.88. The zero-order valence-corrected chi connectivity index (χ0v) is 16.9. The highest BCUT2D eigenvalue weighted by Crippen LogP contribution is 2.45. The fraction of sp³-hybridized carbons (Fsp3) is 0.381. The first-order valence-corrected chi connectivity index (χ1v) is 9.82. The first kappa shape index (κ1) is 20.7. The number of alkyl halides is 1. The minimum atomic E-state index is -2.16. The van der Waals surface area contributed by atoms with Gasteiger partial charge < -0.3 is 5.11 Å². The molecule has 3 rings (SSSR count). The van der Waals surface area contributed by atoms with E-state index in [4.69, 9.17) is 28.3 Å². The number of aryl methyl sites for hydroxylation is 1. The van der Waals surface area contributed by atoms with Gasteiger partial charge in [-0.2, -0.15) is 0 Å². The molecule has 1 aliphatic rings. The normalized spacial score (nSPS) is 21.2. The van der Waals surface area contributed by atoms with Crippen molar-refractivity contribution in [3.05, 3.63) is 62.9 Å². The number of halogens is 3. The quantitative estimate of drug-likeness (QED) is 0.673. The molecule has 0 spiro atoms. The number of fused-ring (bicyclic) bond motifs is 1. The van der Waals surface area contributed by atoms with Crippen molar-refractivity contribution in [3.63, 3.8) is 0 Å².